The molecule has 3 amide bonds. The second-order valence-electron chi connectivity index (χ2n) is 15.4. The molecule has 296 valence electrons. The van der Waals surface area contributed by atoms with E-state index in [1.165, 1.54) is 14.2 Å². The first-order valence-corrected chi connectivity index (χ1v) is 19.4. The Hall–Kier alpha value is -5.70. The Labute approximate surface area is 324 Å². The summed E-state index contributed by atoms with van der Waals surface area (Å²) >= 11 is 0. The number of nitrogens with one attached hydrogen (secondary N) is 4. The smallest absolute Gasteiger partial charge is 0.407 e. The molecular weight excluding hydrogens is 715 g/mol. The van der Waals surface area contributed by atoms with Gasteiger partial charge in [0.05, 0.1) is 31.3 Å². The van der Waals surface area contributed by atoms with Gasteiger partial charge in [0.15, 0.2) is 11.2 Å². The van der Waals surface area contributed by atoms with Gasteiger partial charge in [-0.25, -0.2) is 24.5 Å². The average molecular weight is 766 g/mol. The van der Waals surface area contributed by atoms with Crippen LogP contribution >= 0.6 is 0 Å². The summed E-state index contributed by atoms with van der Waals surface area (Å²) in [5.74, 6) is 2.13. The van der Waals surface area contributed by atoms with Crippen molar-refractivity contribution in [1.82, 2.24) is 40.5 Å². The standard InChI is InChI=1S/C41H51N9O6/c1-21(2)29(45-40(52)54-5)18-25(9-7-15-42)36-46-33-27-13-11-23(17-26(27)20-43-38(33)49-36)31-19-24-12-14-28-34(35(24)56-31)47-37(44-28)30-10-8-16-50(30)39(51)32(22(3)4)48-41(53)55-6/h11-14,17,19-22,25,29-30,32H,7-10,15-16,18,42H2,1-6H3,(H,44,47)(H,45,52)(H,48,53)(H,43,46,49)/t25?,29-,30+,32+/m1/s1. The molecule has 1 aliphatic rings. The molecule has 0 spiro atoms. The number of imidazole rings is 2. The van der Waals surface area contributed by atoms with Crippen molar-refractivity contribution >= 4 is 62.0 Å². The van der Waals surface area contributed by atoms with Crippen molar-refractivity contribution < 1.29 is 28.3 Å². The molecule has 4 aromatic heterocycles. The highest BCUT2D eigenvalue weighted by atomic mass is 16.5. The number of hydrogen-bond donors (Lipinski definition) is 5. The van der Waals surface area contributed by atoms with E-state index >= 15 is 0 Å². The van der Waals surface area contributed by atoms with Crippen molar-refractivity contribution in [2.24, 2.45) is 17.6 Å². The minimum Gasteiger partial charge on any atom is -0.454 e. The van der Waals surface area contributed by atoms with Gasteiger partial charge in [-0.15, -0.1) is 0 Å². The van der Waals surface area contributed by atoms with Gasteiger partial charge in [0, 0.05) is 46.4 Å². The normalized spacial score (nSPS) is 16.3. The van der Waals surface area contributed by atoms with Crippen LogP contribution in [-0.4, -0.2) is 87.3 Å². The molecular formula is C41H51N9O6. The van der Waals surface area contributed by atoms with E-state index in [4.69, 9.17) is 34.6 Å². The fraction of sp³-hybridized carbons (Fsp3) is 0.463. The summed E-state index contributed by atoms with van der Waals surface area (Å²) in [7, 11) is 2.66. The number of pyridine rings is 1. The number of furan rings is 1. The summed E-state index contributed by atoms with van der Waals surface area (Å²) < 4.78 is 16.2. The van der Waals surface area contributed by atoms with Crippen LogP contribution in [0.4, 0.5) is 9.59 Å². The fourth-order valence-electron chi connectivity index (χ4n) is 7.87. The molecule has 7 rings (SSSR count). The molecule has 0 saturated carbocycles. The Morgan fingerprint density at radius 3 is 2.48 bits per heavy atom. The lowest BCUT2D eigenvalue weighted by Gasteiger charge is -2.29. The van der Waals surface area contributed by atoms with Crippen molar-refractivity contribution in [1.29, 1.82) is 0 Å². The number of hydrogen-bond acceptors (Lipinski definition) is 10. The summed E-state index contributed by atoms with van der Waals surface area (Å²) in [5, 5.41) is 8.52. The van der Waals surface area contributed by atoms with Gasteiger partial charge in [0.2, 0.25) is 5.91 Å². The van der Waals surface area contributed by atoms with Crippen molar-refractivity contribution in [2.45, 2.75) is 83.8 Å². The van der Waals surface area contributed by atoms with Gasteiger partial charge in [-0.1, -0.05) is 39.8 Å². The molecule has 1 unspecified atom stereocenters. The zero-order chi connectivity index (χ0) is 39.7. The summed E-state index contributed by atoms with van der Waals surface area (Å²) in [6, 6.07) is 11.0. The molecule has 0 radical (unpaired) electrons. The maximum absolute atomic E-state index is 13.7. The van der Waals surface area contributed by atoms with Crippen LogP contribution in [0.3, 0.4) is 0 Å². The summed E-state index contributed by atoms with van der Waals surface area (Å²) in [6.07, 6.45) is 4.62. The van der Waals surface area contributed by atoms with Crippen molar-refractivity contribution in [3.05, 3.63) is 54.2 Å². The second kappa shape index (κ2) is 16.2. The number of aromatic nitrogens is 5. The molecule has 0 aliphatic carbocycles. The summed E-state index contributed by atoms with van der Waals surface area (Å²) in [5.41, 5.74) is 10.5. The minimum absolute atomic E-state index is 0.0276. The molecule has 56 heavy (non-hydrogen) atoms. The lowest BCUT2D eigenvalue weighted by atomic mass is 9.89. The number of aromatic amines is 2. The minimum atomic E-state index is -0.715. The first-order chi connectivity index (χ1) is 27.0. The van der Waals surface area contributed by atoms with Crippen molar-refractivity contribution in [3.8, 4) is 11.3 Å². The first kappa shape index (κ1) is 38.6. The number of fused-ring (bicyclic) bond motifs is 6. The van der Waals surface area contributed by atoms with Crippen LogP contribution in [-0.2, 0) is 14.3 Å². The topological polar surface area (TPSA) is 206 Å². The predicted molar refractivity (Wildman–Crippen MR) is 214 cm³/mol. The molecule has 1 saturated heterocycles. The van der Waals surface area contributed by atoms with E-state index in [0.29, 0.717) is 42.3 Å². The zero-order valence-corrected chi connectivity index (χ0v) is 32.8. The number of benzene rings is 2. The highest BCUT2D eigenvalue weighted by Crippen LogP contribution is 2.38. The number of ether oxygens (including phenoxy) is 2. The maximum atomic E-state index is 13.7. The number of nitrogens with two attached hydrogens (primary N) is 1. The quantitative estimate of drug-likeness (QED) is 0.0811. The fourth-order valence-corrected chi connectivity index (χ4v) is 7.87. The molecule has 4 atom stereocenters. The molecule has 5 heterocycles. The van der Waals surface area contributed by atoms with Gasteiger partial charge in [-0.2, -0.15) is 0 Å². The first-order valence-electron chi connectivity index (χ1n) is 19.4. The van der Waals surface area contributed by atoms with E-state index in [-0.39, 0.29) is 35.7 Å². The lowest BCUT2D eigenvalue weighted by Crippen LogP contribution is -2.51. The molecule has 6 N–H and O–H groups in total. The van der Waals surface area contributed by atoms with Gasteiger partial charge >= 0.3 is 12.2 Å². The summed E-state index contributed by atoms with van der Waals surface area (Å²) in [4.78, 5) is 61.3. The number of rotatable bonds is 13. The third-order valence-corrected chi connectivity index (χ3v) is 11.0. The Morgan fingerprint density at radius 2 is 1.75 bits per heavy atom. The number of likely N-dealkylation sites (tertiary alicyclic amines) is 1. The van der Waals surface area contributed by atoms with Gasteiger partial charge in [0.25, 0.3) is 0 Å². The van der Waals surface area contributed by atoms with E-state index in [1.54, 1.807) is 4.90 Å². The van der Waals surface area contributed by atoms with E-state index < -0.39 is 18.2 Å². The molecule has 1 fully saturated rings. The Balaban J connectivity index is 1.17. The number of nitrogens with zero attached hydrogens (tertiary/aromatic N) is 4. The highest BCUT2D eigenvalue weighted by Gasteiger charge is 2.38. The third-order valence-electron chi connectivity index (χ3n) is 11.0. The van der Waals surface area contributed by atoms with Crippen LogP contribution in [0.15, 0.2) is 47.0 Å². The third kappa shape index (κ3) is 7.59. The van der Waals surface area contributed by atoms with Crippen LogP contribution < -0.4 is 16.4 Å². The number of alkyl carbamates (subject to hydrolysis) is 2. The van der Waals surface area contributed by atoms with Crippen LogP contribution in [0, 0.1) is 11.8 Å². The van der Waals surface area contributed by atoms with Crippen LogP contribution in [0.5, 0.6) is 0 Å². The van der Waals surface area contributed by atoms with Gasteiger partial charge in [-0.3, -0.25) is 4.79 Å². The number of H-pyrrole nitrogens is 2. The molecule has 1 aliphatic heterocycles. The molecule has 15 heteroatoms. The summed E-state index contributed by atoms with van der Waals surface area (Å²) in [6.45, 7) is 9.08. The number of amides is 3. The van der Waals surface area contributed by atoms with Gasteiger partial charge in [0.1, 0.15) is 29.0 Å². The van der Waals surface area contributed by atoms with Gasteiger partial charge < -0.3 is 45.1 Å². The van der Waals surface area contributed by atoms with E-state index in [1.807, 2.05) is 44.3 Å². The largest absolute Gasteiger partial charge is 0.454 e. The number of methoxy groups -OCH3 is 2. The van der Waals surface area contributed by atoms with Crippen molar-refractivity contribution in [2.75, 3.05) is 27.3 Å². The number of carbonyl (C=O) groups excluding carboxylic acids is 3. The van der Waals surface area contributed by atoms with E-state index in [9.17, 15) is 14.4 Å². The zero-order valence-electron chi connectivity index (χ0n) is 32.8. The predicted octanol–water partition coefficient (Wildman–Crippen LogP) is 7.04. The van der Waals surface area contributed by atoms with Crippen LogP contribution in [0.25, 0.3) is 55.3 Å². The molecule has 15 nitrogen and oxygen atoms in total. The lowest BCUT2D eigenvalue weighted by molar-refractivity contribution is -0.135. The van der Waals surface area contributed by atoms with Crippen LogP contribution in [0.1, 0.15) is 83.4 Å². The van der Waals surface area contributed by atoms with Crippen LogP contribution in [0.2, 0.25) is 0 Å². The molecule has 0 bridgehead atoms. The van der Waals surface area contributed by atoms with E-state index in [2.05, 4.69) is 46.6 Å². The maximum Gasteiger partial charge on any atom is 0.407 e. The Morgan fingerprint density at radius 1 is 0.964 bits per heavy atom. The average Bonchev–Trinajstić information content (AvgIpc) is 4.01. The Bertz CT molecular complexity index is 2380. The molecule has 2 aromatic carbocycles. The van der Waals surface area contributed by atoms with E-state index in [0.717, 1.165) is 69.8 Å². The Kier molecular flexibility index (Phi) is 11.1. The number of carbonyl (C=O) groups is 3. The monoisotopic (exact) mass is 765 g/mol. The SMILES string of the molecule is COC(=O)N[C@H](C(=O)N1CCC[C@H]1c1nc2ccc3cc(-c4ccc5c(cnc6nc(C(CCCN)C[C@@H](NC(=O)OC)C(C)C)[nH]c65)c4)oc3c2[nH]1)C(C)C. The second-order valence-corrected chi connectivity index (χ2v) is 15.4. The highest BCUT2D eigenvalue weighted by molar-refractivity contribution is 6.05. The van der Waals surface area contributed by atoms with Gasteiger partial charge in [-0.05, 0) is 74.8 Å². The molecule has 6 aromatic rings. The van der Waals surface area contributed by atoms with Crippen molar-refractivity contribution in [3.63, 3.8) is 0 Å².